The van der Waals surface area contributed by atoms with Crippen molar-refractivity contribution in [3.05, 3.63) is 38.7 Å². The maximum absolute atomic E-state index is 12.1. The number of aliphatic hydroxyl groups is 1. The summed E-state index contributed by atoms with van der Waals surface area (Å²) in [7, 11) is -16.7. The van der Waals surface area contributed by atoms with Crippen LogP contribution in [0.5, 0.6) is 0 Å². The summed E-state index contributed by atoms with van der Waals surface area (Å²) in [6, 6.07) is 0. The second kappa shape index (κ2) is 10.3. The maximum atomic E-state index is 12.1. The van der Waals surface area contributed by atoms with Crippen LogP contribution in [-0.2, 0) is 31.6 Å². The molecule has 17 nitrogen and oxygen atoms in total. The lowest BCUT2D eigenvalue weighted by Crippen LogP contribution is -2.33. The molecule has 1 fully saturated rings. The molecule has 1 aromatic rings. The van der Waals surface area contributed by atoms with Gasteiger partial charge in [0, 0.05) is 19.2 Å². The van der Waals surface area contributed by atoms with Crippen LogP contribution in [-0.4, -0.2) is 59.6 Å². The van der Waals surface area contributed by atoms with E-state index in [9.17, 15) is 33.3 Å². The van der Waals surface area contributed by atoms with E-state index in [2.05, 4.69) is 13.1 Å². The Kier molecular flexibility index (Phi) is 8.70. The summed E-state index contributed by atoms with van der Waals surface area (Å²) in [4.78, 5) is 61.5. The Balaban J connectivity index is 2.08. The molecule has 3 unspecified atom stereocenters. The third-order valence-electron chi connectivity index (χ3n) is 3.76. The van der Waals surface area contributed by atoms with Gasteiger partial charge in [-0.25, -0.2) is 18.5 Å². The molecule has 0 aromatic carbocycles. The third kappa shape index (κ3) is 7.93. The average molecular weight is 523 g/mol. The highest BCUT2D eigenvalue weighted by atomic mass is 31.3. The molecule has 5 atom stereocenters. The number of nitrogens with two attached hydrogens (primary N) is 1. The van der Waals surface area contributed by atoms with Gasteiger partial charge in [-0.15, -0.1) is 0 Å². The van der Waals surface area contributed by atoms with Gasteiger partial charge in [-0.1, -0.05) is 12.2 Å². The summed E-state index contributed by atoms with van der Waals surface area (Å²) >= 11 is 0. The van der Waals surface area contributed by atoms with Crippen molar-refractivity contribution in [1.29, 1.82) is 0 Å². The van der Waals surface area contributed by atoms with Crippen molar-refractivity contribution >= 4 is 29.5 Å². The minimum absolute atomic E-state index is 0.0600. The summed E-state index contributed by atoms with van der Waals surface area (Å²) in [6.07, 6.45) is -0.0802. The van der Waals surface area contributed by atoms with Gasteiger partial charge in [-0.05, 0) is 0 Å². The van der Waals surface area contributed by atoms with Gasteiger partial charge in [0.25, 0.3) is 5.56 Å². The first-order valence-electron chi connectivity index (χ1n) is 8.46. The van der Waals surface area contributed by atoms with E-state index in [-0.39, 0.29) is 18.5 Å². The summed E-state index contributed by atoms with van der Waals surface area (Å²) in [6.45, 7) is -0.778. The highest BCUT2D eigenvalue weighted by Crippen LogP contribution is 2.66. The number of phosphoric acid groups is 3. The standard InChI is InChI=1S/C12H20N3O14P3/c13-3-1-2-7-5-15(12(18)14-11(7)17)10-4-8(16)9(27-10)6-26-31(22,23)29-32(24,25)28-30(19,20)21/h1-2,5,8-10,16H,3-4,6,13H2,(H,22,23)(H,24,25)(H,14,17,18)(H2,19,20,21)/b2-1+/t8-,9?,10-/m1/s1. The number of hydrogen-bond acceptors (Lipinski definition) is 11. The van der Waals surface area contributed by atoms with Gasteiger partial charge in [0.05, 0.1) is 18.3 Å². The molecule has 0 bridgehead atoms. The van der Waals surface area contributed by atoms with Crippen molar-refractivity contribution in [2.24, 2.45) is 5.73 Å². The first-order valence-corrected chi connectivity index (χ1v) is 13.0. The van der Waals surface area contributed by atoms with Crippen LogP contribution in [0.3, 0.4) is 0 Å². The van der Waals surface area contributed by atoms with E-state index >= 15 is 0 Å². The molecule has 2 heterocycles. The SMILES string of the molecule is NC/C=C/c1cn([C@H]2C[C@@H](O)C(COP(=O)(O)OP(=O)(O)OP(=O)(O)O)O2)c(=O)[nH]c1=O. The van der Waals surface area contributed by atoms with Crippen LogP contribution in [0.25, 0.3) is 6.08 Å². The summed E-state index contributed by atoms with van der Waals surface area (Å²) in [5.41, 5.74) is 3.81. The van der Waals surface area contributed by atoms with Crippen molar-refractivity contribution in [2.45, 2.75) is 24.9 Å². The Bertz CT molecular complexity index is 1110. The first kappa shape index (κ1) is 27.0. The van der Waals surface area contributed by atoms with Crippen LogP contribution in [0.2, 0.25) is 0 Å². The quantitative estimate of drug-likeness (QED) is 0.172. The lowest BCUT2D eigenvalue weighted by Gasteiger charge is -2.19. The maximum Gasteiger partial charge on any atom is 0.490 e. The molecule has 182 valence electrons. The number of aromatic amines is 1. The molecule has 2 rings (SSSR count). The molecular formula is C12H20N3O14P3. The molecule has 20 heteroatoms. The fourth-order valence-electron chi connectivity index (χ4n) is 2.54. The van der Waals surface area contributed by atoms with Gasteiger partial charge in [0.1, 0.15) is 12.3 Å². The molecular weight excluding hydrogens is 503 g/mol. The minimum Gasteiger partial charge on any atom is -0.390 e. The summed E-state index contributed by atoms with van der Waals surface area (Å²) in [5.74, 6) is 0. The number of ether oxygens (including phenoxy) is 1. The molecule has 0 aliphatic carbocycles. The monoisotopic (exact) mass is 523 g/mol. The molecule has 1 aliphatic heterocycles. The lowest BCUT2D eigenvalue weighted by molar-refractivity contribution is -0.0450. The van der Waals surface area contributed by atoms with Crippen LogP contribution in [0.4, 0.5) is 0 Å². The van der Waals surface area contributed by atoms with E-state index in [4.69, 9.17) is 25.2 Å². The topological polar surface area (TPSA) is 270 Å². The summed E-state index contributed by atoms with van der Waals surface area (Å²) in [5, 5.41) is 10.1. The molecule has 0 radical (unpaired) electrons. The fourth-order valence-corrected chi connectivity index (χ4v) is 5.57. The van der Waals surface area contributed by atoms with Gasteiger partial charge in [0.2, 0.25) is 0 Å². The van der Waals surface area contributed by atoms with Gasteiger partial charge in [-0.2, -0.15) is 8.62 Å². The number of aromatic nitrogens is 2. The number of H-pyrrole nitrogens is 1. The zero-order chi connectivity index (χ0) is 24.3. The molecule has 0 saturated carbocycles. The van der Waals surface area contributed by atoms with Crippen molar-refractivity contribution < 1.29 is 56.3 Å². The second-order valence-electron chi connectivity index (χ2n) is 6.21. The van der Waals surface area contributed by atoms with Crippen LogP contribution >= 0.6 is 23.5 Å². The zero-order valence-corrected chi connectivity index (χ0v) is 18.5. The van der Waals surface area contributed by atoms with Crippen LogP contribution in [0.1, 0.15) is 18.2 Å². The van der Waals surface area contributed by atoms with Crippen LogP contribution in [0, 0.1) is 0 Å². The molecule has 0 amide bonds. The average Bonchev–Trinajstić information content (AvgIpc) is 2.97. The third-order valence-corrected chi connectivity index (χ3v) is 7.56. The smallest absolute Gasteiger partial charge is 0.390 e. The number of hydrogen-bond donors (Lipinski definition) is 7. The van der Waals surface area contributed by atoms with Crippen LogP contribution < -0.4 is 17.0 Å². The molecule has 8 N–H and O–H groups in total. The van der Waals surface area contributed by atoms with Gasteiger partial charge in [0.15, 0.2) is 0 Å². The van der Waals surface area contributed by atoms with E-state index in [1.54, 1.807) is 0 Å². The summed E-state index contributed by atoms with van der Waals surface area (Å²) < 4.78 is 51.6. The molecule has 32 heavy (non-hydrogen) atoms. The van der Waals surface area contributed by atoms with E-state index in [0.717, 1.165) is 10.8 Å². The van der Waals surface area contributed by atoms with Crippen molar-refractivity contribution in [3.8, 4) is 0 Å². The zero-order valence-electron chi connectivity index (χ0n) is 15.9. The molecule has 1 aromatic heterocycles. The number of aliphatic hydroxyl groups excluding tert-OH is 1. The Morgan fingerprint density at radius 3 is 2.44 bits per heavy atom. The largest absolute Gasteiger partial charge is 0.490 e. The Morgan fingerprint density at radius 2 is 1.84 bits per heavy atom. The van der Waals surface area contributed by atoms with E-state index in [1.165, 1.54) is 12.2 Å². The molecule has 1 aliphatic rings. The Morgan fingerprint density at radius 1 is 1.19 bits per heavy atom. The van der Waals surface area contributed by atoms with E-state index < -0.39 is 59.8 Å². The number of phosphoric ester groups is 1. The van der Waals surface area contributed by atoms with Crippen molar-refractivity contribution in [3.63, 3.8) is 0 Å². The van der Waals surface area contributed by atoms with E-state index in [0.29, 0.717) is 0 Å². The fraction of sp³-hybridized carbons (Fsp3) is 0.500. The first-order chi connectivity index (χ1) is 14.6. The minimum atomic E-state index is -5.70. The number of nitrogens with one attached hydrogen (secondary N) is 1. The Labute approximate surface area is 178 Å². The predicted molar refractivity (Wildman–Crippen MR) is 104 cm³/mol. The van der Waals surface area contributed by atoms with Crippen molar-refractivity contribution in [2.75, 3.05) is 13.2 Å². The highest BCUT2D eigenvalue weighted by molar-refractivity contribution is 7.66. The molecule has 1 saturated heterocycles. The van der Waals surface area contributed by atoms with E-state index in [1.807, 2.05) is 4.98 Å². The van der Waals surface area contributed by atoms with Gasteiger partial charge >= 0.3 is 29.2 Å². The molecule has 0 spiro atoms. The van der Waals surface area contributed by atoms with Crippen LogP contribution in [0.15, 0.2) is 21.9 Å². The van der Waals surface area contributed by atoms with Crippen molar-refractivity contribution in [1.82, 2.24) is 9.55 Å². The number of rotatable bonds is 10. The highest BCUT2D eigenvalue weighted by Gasteiger charge is 2.43. The normalized spacial score (nSPS) is 25.6. The van der Waals surface area contributed by atoms with Gasteiger partial charge in [-0.3, -0.25) is 18.9 Å². The van der Waals surface area contributed by atoms with Gasteiger partial charge < -0.3 is 35.2 Å². The Hall–Kier alpha value is -1.29. The second-order valence-corrected chi connectivity index (χ2v) is 10.6. The predicted octanol–water partition coefficient (Wildman–Crippen LogP) is -1.50. The lowest BCUT2D eigenvalue weighted by atomic mass is 10.2. The number of nitrogens with zero attached hydrogens (tertiary/aromatic N) is 1.